The number of hydrogen-bond donors (Lipinski definition) is 0. The van der Waals surface area contributed by atoms with Gasteiger partial charge in [-0.1, -0.05) is 0 Å². The number of rotatable bonds is 4. The first-order valence-electron chi connectivity index (χ1n) is 6.76. The van der Waals surface area contributed by atoms with Crippen LogP contribution in [0.1, 0.15) is 16.8 Å². The molecular formula is C15H21FN2O2. The van der Waals surface area contributed by atoms with Crippen LogP contribution < -0.4 is 4.74 Å². The predicted molar refractivity (Wildman–Crippen MR) is 75.8 cm³/mol. The molecule has 1 aliphatic rings. The SMILES string of the molecule is COc1ccc(C(=O)CC2CN(C)CCN2C)c(F)c1. The zero-order valence-electron chi connectivity index (χ0n) is 12.2. The first-order valence-corrected chi connectivity index (χ1v) is 6.76. The number of benzene rings is 1. The molecule has 1 fully saturated rings. The van der Waals surface area contributed by atoms with Gasteiger partial charge in [0.25, 0.3) is 0 Å². The maximum absolute atomic E-state index is 13.9. The van der Waals surface area contributed by atoms with Crippen molar-refractivity contribution in [3.05, 3.63) is 29.6 Å². The molecule has 1 aromatic carbocycles. The van der Waals surface area contributed by atoms with Crippen molar-refractivity contribution in [1.29, 1.82) is 0 Å². The third-order valence-corrected chi connectivity index (χ3v) is 3.88. The van der Waals surface area contributed by atoms with E-state index in [0.29, 0.717) is 12.2 Å². The van der Waals surface area contributed by atoms with E-state index in [1.807, 2.05) is 14.1 Å². The predicted octanol–water partition coefficient (Wildman–Crippen LogP) is 1.65. The molecule has 1 heterocycles. The number of methoxy groups -OCH3 is 1. The standard InChI is InChI=1S/C15H21FN2O2/c1-17-6-7-18(2)11(10-17)8-15(19)13-5-4-12(20-3)9-14(13)16/h4-5,9,11H,6-8,10H2,1-3H3. The van der Waals surface area contributed by atoms with Crippen LogP contribution in [-0.4, -0.2) is 62.5 Å². The first kappa shape index (κ1) is 14.9. The summed E-state index contributed by atoms with van der Waals surface area (Å²) >= 11 is 0. The average Bonchev–Trinajstić information content (AvgIpc) is 2.42. The molecule has 1 aliphatic heterocycles. The molecular weight excluding hydrogens is 259 g/mol. The molecule has 5 heteroatoms. The average molecular weight is 280 g/mol. The fourth-order valence-electron chi connectivity index (χ4n) is 2.49. The van der Waals surface area contributed by atoms with Crippen molar-refractivity contribution < 1.29 is 13.9 Å². The fourth-order valence-corrected chi connectivity index (χ4v) is 2.49. The van der Waals surface area contributed by atoms with Gasteiger partial charge in [-0.25, -0.2) is 4.39 Å². The molecule has 2 rings (SSSR count). The minimum absolute atomic E-state index is 0.141. The number of carbonyl (C=O) groups excluding carboxylic acids is 1. The number of Topliss-reactive ketones (excluding diaryl/α,β-unsaturated/α-hetero) is 1. The van der Waals surface area contributed by atoms with Crippen LogP contribution in [0.2, 0.25) is 0 Å². The normalized spacial score (nSPS) is 20.9. The Morgan fingerprint density at radius 2 is 2.15 bits per heavy atom. The van der Waals surface area contributed by atoms with Crippen molar-refractivity contribution in [2.24, 2.45) is 0 Å². The summed E-state index contributed by atoms with van der Waals surface area (Å²) in [7, 11) is 5.52. The van der Waals surface area contributed by atoms with Gasteiger partial charge in [-0.2, -0.15) is 0 Å². The lowest BCUT2D eigenvalue weighted by atomic mass is 10.0. The minimum atomic E-state index is -0.513. The van der Waals surface area contributed by atoms with E-state index < -0.39 is 5.82 Å². The van der Waals surface area contributed by atoms with Crippen molar-refractivity contribution in [3.63, 3.8) is 0 Å². The Hall–Kier alpha value is -1.46. The molecule has 0 aliphatic carbocycles. The van der Waals surface area contributed by atoms with Gasteiger partial charge < -0.3 is 14.5 Å². The van der Waals surface area contributed by atoms with Crippen LogP contribution in [-0.2, 0) is 0 Å². The number of likely N-dealkylation sites (N-methyl/N-ethyl adjacent to an activating group) is 2. The summed E-state index contributed by atoms with van der Waals surface area (Å²) in [6, 6.07) is 4.52. The maximum Gasteiger partial charge on any atom is 0.167 e. The Morgan fingerprint density at radius 1 is 1.40 bits per heavy atom. The molecule has 1 saturated heterocycles. The quantitative estimate of drug-likeness (QED) is 0.785. The van der Waals surface area contributed by atoms with Crippen LogP contribution in [0.25, 0.3) is 0 Å². The molecule has 20 heavy (non-hydrogen) atoms. The highest BCUT2D eigenvalue weighted by Crippen LogP contribution is 2.19. The van der Waals surface area contributed by atoms with Crippen LogP contribution in [0.5, 0.6) is 5.75 Å². The lowest BCUT2D eigenvalue weighted by molar-refractivity contribution is 0.0807. The van der Waals surface area contributed by atoms with Crippen molar-refractivity contribution >= 4 is 5.78 Å². The highest BCUT2D eigenvalue weighted by atomic mass is 19.1. The van der Waals surface area contributed by atoms with Crippen LogP contribution in [0.4, 0.5) is 4.39 Å². The van der Waals surface area contributed by atoms with Gasteiger partial charge in [-0.3, -0.25) is 4.79 Å². The van der Waals surface area contributed by atoms with Crippen LogP contribution in [0, 0.1) is 5.82 Å². The Bertz CT molecular complexity index is 493. The number of piperazine rings is 1. The van der Waals surface area contributed by atoms with E-state index in [4.69, 9.17) is 4.74 Å². The van der Waals surface area contributed by atoms with Crippen molar-refractivity contribution in [2.75, 3.05) is 40.8 Å². The van der Waals surface area contributed by atoms with Gasteiger partial charge in [0.15, 0.2) is 5.78 Å². The fraction of sp³-hybridized carbons (Fsp3) is 0.533. The van der Waals surface area contributed by atoms with Crippen molar-refractivity contribution in [1.82, 2.24) is 9.80 Å². The summed E-state index contributed by atoms with van der Waals surface area (Å²) in [4.78, 5) is 16.6. The number of hydrogen-bond acceptors (Lipinski definition) is 4. The van der Waals surface area contributed by atoms with E-state index >= 15 is 0 Å². The monoisotopic (exact) mass is 280 g/mol. The lowest BCUT2D eigenvalue weighted by Gasteiger charge is -2.37. The second kappa shape index (κ2) is 6.33. The van der Waals surface area contributed by atoms with E-state index in [2.05, 4.69) is 9.80 Å². The third-order valence-electron chi connectivity index (χ3n) is 3.88. The van der Waals surface area contributed by atoms with Gasteiger partial charge in [-0.15, -0.1) is 0 Å². The Labute approximate surface area is 119 Å². The second-order valence-electron chi connectivity index (χ2n) is 5.37. The van der Waals surface area contributed by atoms with E-state index in [-0.39, 0.29) is 17.4 Å². The summed E-state index contributed by atoms with van der Waals surface area (Å²) < 4.78 is 18.8. The largest absolute Gasteiger partial charge is 0.497 e. The van der Waals surface area contributed by atoms with Gasteiger partial charge in [0.05, 0.1) is 12.7 Å². The molecule has 0 bridgehead atoms. The maximum atomic E-state index is 13.9. The summed E-state index contributed by atoms with van der Waals surface area (Å²) in [6.45, 7) is 2.76. The zero-order valence-corrected chi connectivity index (χ0v) is 12.2. The highest BCUT2D eigenvalue weighted by Gasteiger charge is 2.25. The third kappa shape index (κ3) is 3.35. The highest BCUT2D eigenvalue weighted by molar-refractivity contribution is 5.96. The van der Waals surface area contributed by atoms with Gasteiger partial charge in [0.1, 0.15) is 11.6 Å². The van der Waals surface area contributed by atoms with Gasteiger partial charge >= 0.3 is 0 Å². The topological polar surface area (TPSA) is 32.8 Å². The zero-order chi connectivity index (χ0) is 14.7. The lowest BCUT2D eigenvalue weighted by Crippen LogP contribution is -2.50. The molecule has 4 nitrogen and oxygen atoms in total. The number of ether oxygens (including phenoxy) is 1. The summed E-state index contributed by atoms with van der Waals surface area (Å²) in [6.07, 6.45) is 0.337. The van der Waals surface area contributed by atoms with E-state index in [0.717, 1.165) is 19.6 Å². The van der Waals surface area contributed by atoms with E-state index in [1.165, 1.54) is 19.2 Å². The number of carbonyl (C=O) groups is 1. The molecule has 0 saturated carbocycles. The minimum Gasteiger partial charge on any atom is -0.497 e. The molecule has 0 amide bonds. The van der Waals surface area contributed by atoms with E-state index in [1.54, 1.807) is 6.07 Å². The molecule has 0 aromatic heterocycles. The second-order valence-corrected chi connectivity index (χ2v) is 5.37. The number of ketones is 1. The Balaban J connectivity index is 2.07. The van der Waals surface area contributed by atoms with Crippen molar-refractivity contribution in [3.8, 4) is 5.75 Å². The van der Waals surface area contributed by atoms with Crippen molar-refractivity contribution in [2.45, 2.75) is 12.5 Å². The molecule has 1 atom stereocenters. The number of nitrogens with zero attached hydrogens (tertiary/aromatic N) is 2. The summed E-state index contributed by atoms with van der Waals surface area (Å²) in [5, 5.41) is 0. The van der Waals surface area contributed by atoms with Gasteiger partial charge in [-0.05, 0) is 26.2 Å². The molecule has 0 spiro atoms. The van der Waals surface area contributed by atoms with Gasteiger partial charge in [0, 0.05) is 38.2 Å². The molecule has 1 unspecified atom stereocenters. The van der Waals surface area contributed by atoms with Crippen LogP contribution in [0.15, 0.2) is 18.2 Å². The first-order chi connectivity index (χ1) is 9.51. The molecule has 110 valence electrons. The molecule has 1 aromatic rings. The molecule has 0 radical (unpaired) electrons. The summed E-state index contributed by atoms with van der Waals surface area (Å²) in [5.74, 6) is -0.243. The van der Waals surface area contributed by atoms with Crippen LogP contribution >= 0.6 is 0 Å². The Kier molecular flexibility index (Phi) is 4.73. The Morgan fingerprint density at radius 3 is 2.80 bits per heavy atom. The molecule has 0 N–H and O–H groups in total. The van der Waals surface area contributed by atoms with Crippen LogP contribution in [0.3, 0.4) is 0 Å². The van der Waals surface area contributed by atoms with Gasteiger partial charge in [0.2, 0.25) is 0 Å². The summed E-state index contributed by atoms with van der Waals surface area (Å²) in [5.41, 5.74) is 0.146. The number of halogens is 1. The smallest absolute Gasteiger partial charge is 0.167 e. The van der Waals surface area contributed by atoms with E-state index in [9.17, 15) is 9.18 Å².